The first-order valence-electron chi connectivity index (χ1n) is 15.3. The number of hydrogen-bond acceptors (Lipinski definition) is 4. The second-order valence-electron chi connectivity index (χ2n) is 11.3. The van der Waals surface area contributed by atoms with Gasteiger partial charge in [0.25, 0.3) is 11.8 Å². The number of ketones is 1. The maximum atomic E-state index is 13.4. The van der Waals surface area contributed by atoms with Crippen molar-refractivity contribution in [2.45, 2.75) is 56.9 Å². The molecule has 224 valence electrons. The smallest absolute Gasteiger partial charge is 0.288 e. The summed E-state index contributed by atoms with van der Waals surface area (Å²) in [5.41, 5.74) is 3.28. The van der Waals surface area contributed by atoms with Crippen LogP contribution in [0.25, 0.3) is 10.8 Å². The van der Waals surface area contributed by atoms with Crippen molar-refractivity contribution in [2.75, 3.05) is 13.7 Å². The lowest BCUT2D eigenvalue weighted by Crippen LogP contribution is -2.35. The van der Waals surface area contributed by atoms with Crippen molar-refractivity contribution in [1.29, 1.82) is 0 Å². The molecule has 6 nitrogen and oxygen atoms in total. The van der Waals surface area contributed by atoms with Crippen LogP contribution < -0.4 is 10.6 Å². The molecule has 2 aliphatic rings. The Bertz CT molecular complexity index is 1700. The van der Waals surface area contributed by atoms with E-state index >= 15 is 0 Å². The Morgan fingerprint density at radius 3 is 2.57 bits per heavy atom. The number of benzene rings is 3. The minimum Gasteiger partial charge on any atom is -0.501 e. The lowest BCUT2D eigenvalue weighted by Gasteiger charge is -2.20. The van der Waals surface area contributed by atoms with E-state index in [0.29, 0.717) is 24.8 Å². The minimum atomic E-state index is -0.614. The Morgan fingerprint density at radius 1 is 0.955 bits per heavy atom. The van der Waals surface area contributed by atoms with E-state index in [-0.39, 0.29) is 24.4 Å². The molecule has 0 saturated heterocycles. The summed E-state index contributed by atoms with van der Waals surface area (Å²) < 4.78 is 5.27. The average molecular weight is 587 g/mol. The summed E-state index contributed by atoms with van der Waals surface area (Å²) in [6.07, 6.45) is 13.2. The quantitative estimate of drug-likeness (QED) is 0.153. The van der Waals surface area contributed by atoms with E-state index in [1.165, 1.54) is 10.8 Å². The molecule has 1 fully saturated rings. The molecule has 0 radical (unpaired) electrons. The topological polar surface area (TPSA) is 84.5 Å². The molecule has 3 aromatic rings. The molecular weight excluding hydrogens is 548 g/mol. The van der Waals surface area contributed by atoms with Crippen LogP contribution in [0.4, 0.5) is 0 Å². The first-order valence-corrected chi connectivity index (χ1v) is 15.3. The zero-order valence-corrected chi connectivity index (χ0v) is 25.2. The third-order valence-electron chi connectivity index (χ3n) is 8.17. The Labute approximate surface area is 259 Å². The number of Topliss-reactive ketones (excluding diaryl/α,β-unsaturated/α-hetero) is 1. The molecule has 1 saturated carbocycles. The van der Waals surface area contributed by atoms with E-state index in [1.54, 1.807) is 7.11 Å². The fourth-order valence-electron chi connectivity index (χ4n) is 5.47. The van der Waals surface area contributed by atoms with Gasteiger partial charge in [0, 0.05) is 24.0 Å². The summed E-state index contributed by atoms with van der Waals surface area (Å²) in [7, 11) is 1.66. The van der Waals surface area contributed by atoms with Gasteiger partial charge in [0.05, 0.1) is 25.0 Å². The molecular formula is C38H38N2O4. The summed E-state index contributed by atoms with van der Waals surface area (Å²) in [5.74, 6) is 5.72. The number of allylic oxidation sites excluding steroid dienone is 6. The largest absolute Gasteiger partial charge is 0.501 e. The SMILES string of the molecule is CO/C1=C/C=C\C(C#CCNC(=O)C(=O)CCCCc2ccccc2C(=O)NC2(c3ccc4ccccc4c3)CC2)=C/CC1. The van der Waals surface area contributed by atoms with Gasteiger partial charge in [-0.3, -0.25) is 14.4 Å². The Balaban J connectivity index is 1.07. The number of methoxy groups -OCH3 is 1. The first kappa shape index (κ1) is 30.6. The first-order chi connectivity index (χ1) is 21.5. The van der Waals surface area contributed by atoms with Gasteiger partial charge in [-0.05, 0) is 84.7 Å². The zero-order chi connectivity index (χ0) is 30.8. The maximum absolute atomic E-state index is 13.4. The highest BCUT2D eigenvalue weighted by atomic mass is 16.5. The number of unbranched alkanes of at least 4 members (excludes halogenated alkanes) is 1. The third kappa shape index (κ3) is 7.93. The van der Waals surface area contributed by atoms with Gasteiger partial charge < -0.3 is 15.4 Å². The minimum absolute atomic E-state index is 0.0790. The van der Waals surface area contributed by atoms with Crippen molar-refractivity contribution in [3.8, 4) is 11.8 Å². The highest BCUT2D eigenvalue weighted by Crippen LogP contribution is 2.46. The molecule has 0 spiro atoms. The lowest BCUT2D eigenvalue weighted by atomic mass is 9.97. The van der Waals surface area contributed by atoms with E-state index in [1.807, 2.05) is 60.7 Å². The van der Waals surface area contributed by atoms with Crippen LogP contribution in [0.1, 0.15) is 66.4 Å². The summed E-state index contributed by atoms with van der Waals surface area (Å²) >= 11 is 0. The molecule has 0 bridgehead atoms. The molecule has 0 unspecified atom stereocenters. The molecule has 3 aromatic carbocycles. The predicted octanol–water partition coefficient (Wildman–Crippen LogP) is 6.47. The van der Waals surface area contributed by atoms with E-state index in [0.717, 1.165) is 48.1 Å². The van der Waals surface area contributed by atoms with Crippen molar-refractivity contribution in [3.05, 3.63) is 119 Å². The molecule has 2 amide bonds. The van der Waals surface area contributed by atoms with Crippen LogP contribution >= 0.6 is 0 Å². The van der Waals surface area contributed by atoms with Crippen LogP contribution in [0, 0.1) is 11.8 Å². The van der Waals surface area contributed by atoms with E-state index in [9.17, 15) is 14.4 Å². The van der Waals surface area contributed by atoms with Gasteiger partial charge in [-0.25, -0.2) is 0 Å². The number of fused-ring (bicyclic) bond motifs is 1. The number of carbonyl (C=O) groups excluding carboxylic acids is 3. The molecule has 2 aliphatic carbocycles. The van der Waals surface area contributed by atoms with Gasteiger partial charge >= 0.3 is 0 Å². The summed E-state index contributed by atoms with van der Waals surface area (Å²) in [6.45, 7) is 0.109. The Kier molecular flexibility index (Phi) is 10.1. The van der Waals surface area contributed by atoms with Crippen molar-refractivity contribution in [1.82, 2.24) is 10.6 Å². The van der Waals surface area contributed by atoms with Crippen LogP contribution in [0.5, 0.6) is 0 Å². The second kappa shape index (κ2) is 14.5. The van der Waals surface area contributed by atoms with Gasteiger partial charge in [0.1, 0.15) is 0 Å². The number of hydrogen-bond donors (Lipinski definition) is 2. The standard InChI is InChI=1S/C38H38N2O4/c1-44-33-18-8-11-28(12-9-19-33)13-10-26-39-37(43)35(41)21-7-5-16-30-15-4-6-20-34(30)36(42)40-38(24-25-38)32-23-22-29-14-2-3-17-31(29)27-32/h2-4,6,8,11-12,14-15,17-18,20,22-23,27H,5,7,9,16,19,21,24-26H2,1H3,(H,39,43)(H,40,42)/b11-8-,28-12+,33-18+. The van der Waals surface area contributed by atoms with Gasteiger partial charge in [-0.2, -0.15) is 0 Å². The van der Waals surface area contributed by atoms with Gasteiger partial charge in [0.2, 0.25) is 5.78 Å². The number of ether oxygens (including phenoxy) is 1. The fourth-order valence-corrected chi connectivity index (χ4v) is 5.47. The molecule has 0 atom stereocenters. The Hall–Kier alpha value is -4.89. The zero-order valence-electron chi connectivity index (χ0n) is 25.2. The number of rotatable bonds is 11. The van der Waals surface area contributed by atoms with Crippen LogP contribution in [0.2, 0.25) is 0 Å². The highest BCUT2D eigenvalue weighted by Gasteiger charge is 2.46. The maximum Gasteiger partial charge on any atom is 0.288 e. The summed E-state index contributed by atoms with van der Waals surface area (Å²) in [6, 6.07) is 22.3. The van der Waals surface area contributed by atoms with Crippen molar-refractivity contribution >= 4 is 28.4 Å². The van der Waals surface area contributed by atoms with Gasteiger partial charge in [-0.1, -0.05) is 78.6 Å². The molecule has 2 N–H and O–H groups in total. The van der Waals surface area contributed by atoms with Crippen LogP contribution in [-0.2, 0) is 26.3 Å². The van der Waals surface area contributed by atoms with Crippen molar-refractivity contribution in [2.24, 2.45) is 0 Å². The second-order valence-corrected chi connectivity index (χ2v) is 11.3. The molecule has 0 aromatic heterocycles. The predicted molar refractivity (Wildman–Crippen MR) is 174 cm³/mol. The van der Waals surface area contributed by atoms with Crippen LogP contribution in [0.3, 0.4) is 0 Å². The summed E-state index contributed by atoms with van der Waals surface area (Å²) in [5, 5.41) is 8.27. The van der Waals surface area contributed by atoms with Gasteiger partial charge in [0.15, 0.2) is 0 Å². The lowest BCUT2D eigenvalue weighted by molar-refractivity contribution is -0.137. The van der Waals surface area contributed by atoms with Crippen LogP contribution in [0.15, 0.2) is 102 Å². The van der Waals surface area contributed by atoms with E-state index < -0.39 is 11.7 Å². The molecule has 0 aliphatic heterocycles. The summed E-state index contributed by atoms with van der Waals surface area (Å²) in [4.78, 5) is 38.1. The fraction of sp³-hybridized carbons (Fsp3) is 0.289. The molecule has 44 heavy (non-hydrogen) atoms. The molecule has 5 rings (SSSR count). The normalized spacial score (nSPS) is 18.1. The molecule has 0 heterocycles. The van der Waals surface area contributed by atoms with E-state index in [4.69, 9.17) is 4.74 Å². The number of carbonyl (C=O) groups is 3. The van der Waals surface area contributed by atoms with Crippen molar-refractivity contribution < 1.29 is 19.1 Å². The van der Waals surface area contributed by atoms with E-state index in [2.05, 4.69) is 52.8 Å². The Morgan fingerprint density at radius 2 is 1.75 bits per heavy atom. The number of nitrogens with one attached hydrogen (secondary N) is 2. The monoisotopic (exact) mass is 586 g/mol. The highest BCUT2D eigenvalue weighted by molar-refractivity contribution is 6.36. The average Bonchev–Trinajstić information content (AvgIpc) is 3.82. The van der Waals surface area contributed by atoms with Crippen molar-refractivity contribution in [3.63, 3.8) is 0 Å². The number of aryl methyl sites for hydroxylation is 1. The third-order valence-corrected chi connectivity index (χ3v) is 8.17. The number of amides is 2. The van der Waals surface area contributed by atoms with Gasteiger partial charge in [-0.15, -0.1) is 0 Å². The molecule has 6 heteroatoms. The van der Waals surface area contributed by atoms with Crippen LogP contribution in [-0.4, -0.2) is 31.3 Å².